The molecule has 14 aromatic rings. The van der Waals surface area contributed by atoms with Gasteiger partial charge in [-0.1, -0.05) is 133 Å². The molecule has 298 valence electrons. The van der Waals surface area contributed by atoms with Crippen LogP contribution in [0.5, 0.6) is 0 Å². The third-order valence-electron chi connectivity index (χ3n) is 13.3. The summed E-state index contributed by atoms with van der Waals surface area (Å²) < 4.78 is 10.3. The Bertz CT molecular complexity index is 4130. The van der Waals surface area contributed by atoms with Gasteiger partial charge in [-0.3, -0.25) is 0 Å². The first kappa shape index (κ1) is 35.8. The molecule has 0 aliphatic rings. The zero-order valence-corrected chi connectivity index (χ0v) is 36.1. The lowest BCUT2D eigenvalue weighted by Crippen LogP contribution is -1.96. The Morgan fingerprint density at radius 2 is 0.672 bits per heavy atom. The van der Waals surface area contributed by atoms with Crippen molar-refractivity contribution >= 4 is 107 Å². The van der Waals surface area contributed by atoms with E-state index in [1.165, 1.54) is 123 Å². The minimum atomic E-state index is 1.15. The summed E-state index contributed by atoms with van der Waals surface area (Å²) in [6.07, 6.45) is 0. The SMILES string of the molecule is c1ccc(-c2cc(-c3ccccc3)cc(-n3c4ccccc4c4cc(-c5ccc6c(c5)c5ccccc5n6-c5ccc6c(c5)sc5cc7c(cc56)sc5ccccc57)ccc43)c2)cc1. The first-order valence-corrected chi connectivity index (χ1v) is 23.4. The van der Waals surface area contributed by atoms with Gasteiger partial charge in [-0.05, 0) is 118 Å². The first-order valence-electron chi connectivity index (χ1n) is 21.8. The van der Waals surface area contributed by atoms with Gasteiger partial charge in [0.25, 0.3) is 0 Å². The van der Waals surface area contributed by atoms with Crippen LogP contribution in [0.25, 0.3) is 129 Å². The quantitative estimate of drug-likeness (QED) is 0.163. The van der Waals surface area contributed by atoms with E-state index < -0.39 is 0 Å². The first-order chi connectivity index (χ1) is 31.7. The van der Waals surface area contributed by atoms with Gasteiger partial charge in [0.15, 0.2) is 0 Å². The van der Waals surface area contributed by atoms with Crippen LogP contribution in [0, 0.1) is 0 Å². The maximum atomic E-state index is 2.45. The predicted octanol–water partition coefficient (Wildman–Crippen LogP) is 17.6. The summed E-state index contributed by atoms with van der Waals surface area (Å²) in [5.74, 6) is 0. The molecule has 64 heavy (non-hydrogen) atoms. The van der Waals surface area contributed by atoms with Gasteiger partial charge in [0.2, 0.25) is 0 Å². The highest BCUT2D eigenvalue weighted by molar-refractivity contribution is 7.27. The van der Waals surface area contributed by atoms with Crippen LogP contribution in [0.3, 0.4) is 0 Å². The lowest BCUT2D eigenvalue weighted by molar-refractivity contribution is 1.18. The largest absolute Gasteiger partial charge is 0.309 e. The molecule has 0 fully saturated rings. The Kier molecular flexibility index (Phi) is 7.76. The summed E-state index contributed by atoms with van der Waals surface area (Å²) in [6.45, 7) is 0. The Morgan fingerprint density at radius 3 is 1.27 bits per heavy atom. The van der Waals surface area contributed by atoms with Crippen LogP contribution in [0.15, 0.2) is 218 Å². The number of thiophene rings is 2. The normalized spacial score (nSPS) is 12.1. The minimum Gasteiger partial charge on any atom is -0.309 e. The number of fused-ring (bicyclic) bond motifs is 12. The van der Waals surface area contributed by atoms with Gasteiger partial charge in [-0.25, -0.2) is 0 Å². The molecule has 0 bridgehead atoms. The fourth-order valence-corrected chi connectivity index (χ4v) is 12.6. The second kappa shape index (κ2) is 13.9. The van der Waals surface area contributed by atoms with Gasteiger partial charge in [0.1, 0.15) is 0 Å². The fraction of sp³-hybridized carbons (Fsp3) is 0. The van der Waals surface area contributed by atoms with Crippen LogP contribution in [0.2, 0.25) is 0 Å². The van der Waals surface area contributed by atoms with Crippen molar-refractivity contribution in [1.29, 1.82) is 0 Å². The monoisotopic (exact) mass is 848 g/mol. The molecule has 0 radical (unpaired) electrons. The average Bonchev–Trinajstić information content (AvgIpc) is 4.10. The molecule has 4 heteroatoms. The van der Waals surface area contributed by atoms with Crippen LogP contribution in [-0.2, 0) is 0 Å². The third kappa shape index (κ3) is 5.43. The molecule has 0 unspecified atom stereocenters. The molecule has 0 atom stereocenters. The van der Waals surface area contributed by atoms with E-state index in [9.17, 15) is 0 Å². The molecule has 0 saturated carbocycles. The average molecular weight is 849 g/mol. The number of hydrogen-bond acceptors (Lipinski definition) is 2. The highest BCUT2D eigenvalue weighted by Crippen LogP contribution is 2.44. The number of para-hydroxylation sites is 2. The van der Waals surface area contributed by atoms with E-state index in [4.69, 9.17) is 0 Å². The smallest absolute Gasteiger partial charge is 0.0541 e. The molecule has 4 heterocycles. The number of hydrogen-bond donors (Lipinski definition) is 0. The van der Waals surface area contributed by atoms with E-state index in [0.717, 1.165) is 5.69 Å². The molecule has 14 rings (SSSR count). The third-order valence-corrected chi connectivity index (χ3v) is 15.5. The van der Waals surface area contributed by atoms with Crippen LogP contribution >= 0.6 is 22.7 Å². The minimum absolute atomic E-state index is 1.15. The van der Waals surface area contributed by atoms with Crippen molar-refractivity contribution in [2.75, 3.05) is 0 Å². The zero-order valence-electron chi connectivity index (χ0n) is 34.5. The summed E-state index contributed by atoms with van der Waals surface area (Å²) in [6, 6.07) is 80.9. The van der Waals surface area contributed by atoms with Crippen molar-refractivity contribution < 1.29 is 0 Å². The highest BCUT2D eigenvalue weighted by atomic mass is 32.1. The van der Waals surface area contributed by atoms with Crippen LogP contribution < -0.4 is 0 Å². The zero-order chi connectivity index (χ0) is 41.9. The van der Waals surface area contributed by atoms with Crippen LogP contribution in [0.1, 0.15) is 0 Å². The summed E-state index contributed by atoms with van der Waals surface area (Å²) in [4.78, 5) is 0. The molecule has 0 spiro atoms. The van der Waals surface area contributed by atoms with E-state index in [-0.39, 0.29) is 0 Å². The second-order valence-electron chi connectivity index (χ2n) is 16.9. The van der Waals surface area contributed by atoms with Crippen molar-refractivity contribution in [3.8, 4) is 44.8 Å². The molecule has 0 saturated heterocycles. The molecule has 0 aliphatic carbocycles. The van der Waals surface area contributed by atoms with E-state index in [1.54, 1.807) is 0 Å². The van der Waals surface area contributed by atoms with Crippen LogP contribution in [-0.4, -0.2) is 9.13 Å². The fourth-order valence-electron chi connectivity index (χ4n) is 10.3. The number of aromatic nitrogens is 2. The molecule has 4 aromatic heterocycles. The molecule has 0 aliphatic heterocycles. The lowest BCUT2D eigenvalue weighted by atomic mass is 9.98. The predicted molar refractivity (Wildman–Crippen MR) is 277 cm³/mol. The van der Waals surface area contributed by atoms with E-state index >= 15 is 0 Å². The van der Waals surface area contributed by atoms with Crippen molar-refractivity contribution in [2.45, 2.75) is 0 Å². The van der Waals surface area contributed by atoms with Gasteiger partial charge < -0.3 is 9.13 Å². The van der Waals surface area contributed by atoms with Gasteiger partial charge in [0.05, 0.1) is 22.1 Å². The van der Waals surface area contributed by atoms with E-state index in [1.807, 2.05) is 22.7 Å². The van der Waals surface area contributed by atoms with Gasteiger partial charge >= 0.3 is 0 Å². The lowest BCUT2D eigenvalue weighted by Gasteiger charge is -2.14. The van der Waals surface area contributed by atoms with Gasteiger partial charge in [-0.15, -0.1) is 22.7 Å². The molecule has 0 N–H and O–H groups in total. The summed E-state index contributed by atoms with van der Waals surface area (Å²) in [5.41, 5.74) is 14.4. The van der Waals surface area contributed by atoms with E-state index in [0.29, 0.717) is 0 Å². The Hall–Kier alpha value is -7.76. The molecule has 0 amide bonds. The highest BCUT2D eigenvalue weighted by Gasteiger charge is 2.19. The van der Waals surface area contributed by atoms with Crippen molar-refractivity contribution in [1.82, 2.24) is 9.13 Å². The summed E-state index contributed by atoms with van der Waals surface area (Å²) >= 11 is 3.79. The van der Waals surface area contributed by atoms with Crippen LogP contribution in [0.4, 0.5) is 0 Å². The topological polar surface area (TPSA) is 9.86 Å². The number of benzene rings is 10. The second-order valence-corrected chi connectivity index (χ2v) is 19.1. The molecule has 2 nitrogen and oxygen atoms in total. The van der Waals surface area contributed by atoms with E-state index in [2.05, 4.69) is 228 Å². The summed E-state index contributed by atoms with van der Waals surface area (Å²) in [7, 11) is 0. The van der Waals surface area contributed by atoms with Crippen molar-refractivity contribution in [3.05, 3.63) is 218 Å². The standard InChI is InChI=1S/C60H36N2S2/c1-3-13-37(14-4-1)41-29-42(38-15-5-2-6-16-38)31-44(30-41)62-54-21-11-8-18-46(54)50-33-40(24-28-56(50)62)39-23-27-55-49(32-39)45-17-7-10-20-53(45)61(55)43-25-26-48-52-36-59-51(35-60(52)64-58(48)34-43)47-19-9-12-22-57(47)63-59/h1-36H. The number of nitrogens with zero attached hydrogens (tertiary/aromatic N) is 2. The maximum absolute atomic E-state index is 2.45. The maximum Gasteiger partial charge on any atom is 0.0541 e. The summed E-state index contributed by atoms with van der Waals surface area (Å²) in [5, 5.41) is 10.4. The Balaban J connectivity index is 0.905. The van der Waals surface area contributed by atoms with Gasteiger partial charge in [-0.2, -0.15) is 0 Å². The molecular weight excluding hydrogens is 813 g/mol. The van der Waals surface area contributed by atoms with Gasteiger partial charge in [0, 0.05) is 73.3 Å². The Labute approximate surface area is 376 Å². The molecule has 10 aromatic carbocycles. The Morgan fingerprint density at radius 1 is 0.219 bits per heavy atom. The van der Waals surface area contributed by atoms with Crippen molar-refractivity contribution in [3.63, 3.8) is 0 Å². The molecular formula is C60H36N2S2. The number of rotatable bonds is 5. The van der Waals surface area contributed by atoms with Crippen molar-refractivity contribution in [2.24, 2.45) is 0 Å².